The van der Waals surface area contributed by atoms with Gasteiger partial charge < -0.3 is 14.4 Å². The molecule has 2 atom stereocenters. The summed E-state index contributed by atoms with van der Waals surface area (Å²) in [6, 6.07) is 3.47. The Hall–Kier alpha value is -1.14. The van der Waals surface area contributed by atoms with Crippen molar-refractivity contribution >= 4 is 40.1 Å². The minimum atomic E-state index is 0.0278. The number of methoxy groups -OCH3 is 1. The molecule has 0 saturated carbocycles. The van der Waals surface area contributed by atoms with E-state index in [0.717, 1.165) is 29.9 Å². The van der Waals surface area contributed by atoms with Crippen molar-refractivity contribution in [3.63, 3.8) is 0 Å². The monoisotopic (exact) mass is 341 g/mol. The molecule has 0 aliphatic carbocycles. The van der Waals surface area contributed by atoms with Crippen LogP contribution in [0.4, 0.5) is 5.82 Å². The standard InChI is InChI=1S/C15H17Cl2N3O2/c1-9-6-20(7-10(22-9)8-21-2)15-5-18-13-3-11(16)12(17)4-14(13)19-15/h3-5,9-10H,6-8H2,1-2H3. The van der Waals surface area contributed by atoms with E-state index in [1.165, 1.54) is 0 Å². The molecular weight excluding hydrogens is 325 g/mol. The number of aromatic nitrogens is 2. The molecule has 3 rings (SSSR count). The maximum absolute atomic E-state index is 6.06. The van der Waals surface area contributed by atoms with Gasteiger partial charge >= 0.3 is 0 Å². The number of anilines is 1. The van der Waals surface area contributed by atoms with Crippen LogP contribution in [0.2, 0.25) is 10.0 Å². The summed E-state index contributed by atoms with van der Waals surface area (Å²) in [6.07, 6.45) is 1.90. The Bertz CT molecular complexity index is 683. The minimum absolute atomic E-state index is 0.0278. The number of fused-ring (bicyclic) bond motifs is 1. The number of halogens is 2. The van der Waals surface area contributed by atoms with Crippen molar-refractivity contribution in [1.29, 1.82) is 0 Å². The number of ether oxygens (including phenoxy) is 2. The number of rotatable bonds is 3. The molecule has 5 nitrogen and oxygen atoms in total. The van der Waals surface area contributed by atoms with E-state index in [4.69, 9.17) is 32.7 Å². The molecular formula is C15H17Cl2N3O2. The van der Waals surface area contributed by atoms with Gasteiger partial charge in [-0.15, -0.1) is 0 Å². The molecule has 1 saturated heterocycles. The summed E-state index contributed by atoms with van der Waals surface area (Å²) in [5, 5.41) is 0.963. The average Bonchev–Trinajstić information content (AvgIpc) is 2.48. The lowest BCUT2D eigenvalue weighted by Crippen LogP contribution is -2.48. The van der Waals surface area contributed by atoms with Crippen LogP contribution in [-0.4, -0.2) is 49.0 Å². The number of nitrogens with zero attached hydrogens (tertiary/aromatic N) is 3. The second kappa shape index (κ2) is 6.54. The smallest absolute Gasteiger partial charge is 0.148 e. The Morgan fingerprint density at radius 3 is 2.73 bits per heavy atom. The van der Waals surface area contributed by atoms with Crippen molar-refractivity contribution in [2.75, 3.05) is 31.7 Å². The largest absolute Gasteiger partial charge is 0.382 e. The third-order valence-corrected chi connectivity index (χ3v) is 4.30. The van der Waals surface area contributed by atoms with Crippen LogP contribution in [0.1, 0.15) is 6.92 Å². The predicted molar refractivity (Wildman–Crippen MR) is 88.0 cm³/mol. The number of hydrogen-bond acceptors (Lipinski definition) is 5. The van der Waals surface area contributed by atoms with Gasteiger partial charge in [-0.2, -0.15) is 0 Å². The quantitative estimate of drug-likeness (QED) is 0.857. The molecule has 118 valence electrons. The summed E-state index contributed by atoms with van der Waals surface area (Å²) in [7, 11) is 1.68. The zero-order valence-corrected chi connectivity index (χ0v) is 13.9. The van der Waals surface area contributed by atoms with Crippen LogP contribution in [0, 0.1) is 0 Å². The molecule has 2 aromatic rings. The normalized spacial score (nSPS) is 22.3. The summed E-state index contributed by atoms with van der Waals surface area (Å²) in [6.45, 7) is 4.09. The third kappa shape index (κ3) is 3.27. The highest BCUT2D eigenvalue weighted by atomic mass is 35.5. The Morgan fingerprint density at radius 2 is 2.00 bits per heavy atom. The van der Waals surface area contributed by atoms with Crippen molar-refractivity contribution < 1.29 is 9.47 Å². The molecule has 1 aliphatic heterocycles. The molecule has 0 amide bonds. The van der Waals surface area contributed by atoms with Gasteiger partial charge in [0.25, 0.3) is 0 Å². The fraction of sp³-hybridized carbons (Fsp3) is 0.467. The Kier molecular flexibility index (Phi) is 4.68. The van der Waals surface area contributed by atoms with Crippen LogP contribution < -0.4 is 4.90 Å². The van der Waals surface area contributed by atoms with Crippen molar-refractivity contribution in [1.82, 2.24) is 9.97 Å². The van der Waals surface area contributed by atoms with Crippen LogP contribution in [0.5, 0.6) is 0 Å². The van der Waals surface area contributed by atoms with E-state index in [9.17, 15) is 0 Å². The Labute approximate surface area is 139 Å². The van der Waals surface area contributed by atoms with Gasteiger partial charge in [0.2, 0.25) is 0 Å². The van der Waals surface area contributed by atoms with E-state index in [1.807, 2.05) is 6.92 Å². The van der Waals surface area contributed by atoms with Crippen LogP contribution in [0.25, 0.3) is 11.0 Å². The SMILES string of the molecule is COCC1CN(c2cnc3cc(Cl)c(Cl)cc3n2)CC(C)O1. The first kappa shape index (κ1) is 15.7. The summed E-state index contributed by atoms with van der Waals surface area (Å²) in [4.78, 5) is 11.2. The highest BCUT2D eigenvalue weighted by molar-refractivity contribution is 6.42. The van der Waals surface area contributed by atoms with E-state index in [1.54, 1.807) is 25.4 Å². The molecule has 0 bridgehead atoms. The molecule has 0 spiro atoms. The zero-order chi connectivity index (χ0) is 15.7. The molecule has 0 N–H and O–H groups in total. The summed E-state index contributed by atoms with van der Waals surface area (Å²) in [5.41, 5.74) is 1.46. The predicted octanol–water partition coefficient (Wildman–Crippen LogP) is 3.18. The number of morpholine rings is 1. The molecule has 1 aliphatic rings. The molecule has 2 heterocycles. The highest BCUT2D eigenvalue weighted by Crippen LogP contribution is 2.27. The Balaban J connectivity index is 1.90. The van der Waals surface area contributed by atoms with Gasteiger partial charge in [-0.25, -0.2) is 4.98 Å². The van der Waals surface area contributed by atoms with E-state index in [2.05, 4.69) is 14.9 Å². The molecule has 7 heteroatoms. The van der Waals surface area contributed by atoms with Gasteiger partial charge in [0.1, 0.15) is 5.82 Å². The number of benzene rings is 1. The topological polar surface area (TPSA) is 47.5 Å². The van der Waals surface area contributed by atoms with E-state index in [0.29, 0.717) is 16.7 Å². The molecule has 22 heavy (non-hydrogen) atoms. The first-order chi connectivity index (χ1) is 10.6. The second-order valence-corrected chi connectivity index (χ2v) is 6.23. The van der Waals surface area contributed by atoms with Crippen LogP contribution >= 0.6 is 23.2 Å². The lowest BCUT2D eigenvalue weighted by atomic mass is 10.2. The van der Waals surface area contributed by atoms with Gasteiger partial charge in [-0.05, 0) is 19.1 Å². The van der Waals surface area contributed by atoms with E-state index < -0.39 is 0 Å². The minimum Gasteiger partial charge on any atom is -0.382 e. The molecule has 1 aromatic carbocycles. The molecule has 1 fully saturated rings. The Morgan fingerprint density at radius 1 is 1.27 bits per heavy atom. The third-order valence-electron chi connectivity index (χ3n) is 3.57. The summed E-state index contributed by atoms with van der Waals surface area (Å²) >= 11 is 12.1. The lowest BCUT2D eigenvalue weighted by Gasteiger charge is -2.37. The van der Waals surface area contributed by atoms with E-state index in [-0.39, 0.29) is 12.2 Å². The fourth-order valence-corrected chi connectivity index (χ4v) is 2.98. The van der Waals surface area contributed by atoms with Crippen molar-refractivity contribution in [2.45, 2.75) is 19.1 Å². The highest BCUT2D eigenvalue weighted by Gasteiger charge is 2.26. The maximum Gasteiger partial charge on any atom is 0.148 e. The zero-order valence-electron chi connectivity index (χ0n) is 12.4. The van der Waals surface area contributed by atoms with Crippen molar-refractivity contribution in [2.24, 2.45) is 0 Å². The van der Waals surface area contributed by atoms with Gasteiger partial charge in [-0.3, -0.25) is 4.98 Å². The summed E-state index contributed by atoms with van der Waals surface area (Å²) < 4.78 is 11.0. The second-order valence-electron chi connectivity index (χ2n) is 5.41. The first-order valence-electron chi connectivity index (χ1n) is 7.08. The fourth-order valence-electron chi connectivity index (χ4n) is 2.66. The molecule has 2 unspecified atom stereocenters. The van der Waals surface area contributed by atoms with Gasteiger partial charge in [0.15, 0.2) is 0 Å². The van der Waals surface area contributed by atoms with Crippen LogP contribution in [0.3, 0.4) is 0 Å². The molecule has 0 radical (unpaired) electrons. The summed E-state index contributed by atoms with van der Waals surface area (Å²) in [5.74, 6) is 0.808. The van der Waals surface area contributed by atoms with Crippen LogP contribution in [-0.2, 0) is 9.47 Å². The van der Waals surface area contributed by atoms with Crippen LogP contribution in [0.15, 0.2) is 18.3 Å². The van der Waals surface area contributed by atoms with Crippen molar-refractivity contribution in [3.8, 4) is 0 Å². The van der Waals surface area contributed by atoms with Gasteiger partial charge in [0, 0.05) is 20.2 Å². The first-order valence-corrected chi connectivity index (χ1v) is 7.83. The molecule has 1 aromatic heterocycles. The van der Waals surface area contributed by atoms with Crippen molar-refractivity contribution in [3.05, 3.63) is 28.4 Å². The average molecular weight is 342 g/mol. The van der Waals surface area contributed by atoms with E-state index >= 15 is 0 Å². The maximum atomic E-state index is 6.06. The lowest BCUT2D eigenvalue weighted by molar-refractivity contribution is -0.0512. The number of hydrogen-bond donors (Lipinski definition) is 0. The van der Waals surface area contributed by atoms with Gasteiger partial charge in [-0.1, -0.05) is 23.2 Å². The van der Waals surface area contributed by atoms with Gasteiger partial charge in [0.05, 0.1) is 46.1 Å².